The summed E-state index contributed by atoms with van der Waals surface area (Å²) >= 11 is 5.96. The first-order chi connectivity index (χ1) is 16.5. The third-order valence-corrected chi connectivity index (χ3v) is 7.69. The Morgan fingerprint density at radius 2 is 1.79 bits per heavy atom. The molecule has 2 fully saturated rings. The van der Waals surface area contributed by atoms with Gasteiger partial charge in [0.2, 0.25) is 5.43 Å². The lowest BCUT2D eigenvalue weighted by Gasteiger charge is -2.22. The molecule has 2 saturated carbocycles. The molecule has 34 heavy (non-hydrogen) atoms. The number of rotatable bonds is 8. The number of fused-ring (bicyclic) bond motifs is 2. The van der Waals surface area contributed by atoms with Gasteiger partial charge in [-0.2, -0.15) is 5.10 Å². The molecule has 0 radical (unpaired) electrons. The molecule has 1 heterocycles. The van der Waals surface area contributed by atoms with Crippen LogP contribution < -0.4 is 5.43 Å². The van der Waals surface area contributed by atoms with E-state index in [0.717, 1.165) is 18.4 Å². The van der Waals surface area contributed by atoms with Gasteiger partial charge in [0.05, 0.1) is 24.4 Å². The summed E-state index contributed by atoms with van der Waals surface area (Å²) in [5.41, 5.74) is 1.41. The summed E-state index contributed by atoms with van der Waals surface area (Å²) in [6, 6.07) is 14.7. The standard InChI is InChI=1S/C27H27ClN2O4/c1-2-34-26(33)12-17(11-24(31)16-7-9-18(28)10-8-16)27-21-13-19(14-22(21)27)30-23-6-4-3-5-20(23)25(32)15-29-30/h3-10,15,17,19,21-22,27H,2,11-14H2,1H3/t17?,19?,21-,22+,27?. The van der Waals surface area contributed by atoms with Gasteiger partial charge in [-0.15, -0.1) is 0 Å². The molecular formula is C27H27ClN2O4. The van der Waals surface area contributed by atoms with Crippen molar-refractivity contribution in [2.45, 2.75) is 38.6 Å². The van der Waals surface area contributed by atoms with E-state index in [2.05, 4.69) is 5.10 Å². The number of esters is 1. The molecule has 176 valence electrons. The van der Waals surface area contributed by atoms with Crippen LogP contribution in [0.15, 0.2) is 59.5 Å². The van der Waals surface area contributed by atoms with Crippen LogP contribution in [0, 0.1) is 23.7 Å². The molecule has 2 aromatic carbocycles. The average molecular weight is 479 g/mol. The van der Waals surface area contributed by atoms with Gasteiger partial charge in [-0.25, -0.2) is 0 Å². The van der Waals surface area contributed by atoms with Crippen LogP contribution in [-0.4, -0.2) is 28.1 Å². The molecule has 5 atom stereocenters. The molecule has 6 nitrogen and oxygen atoms in total. The lowest BCUT2D eigenvalue weighted by atomic mass is 9.87. The van der Waals surface area contributed by atoms with Crippen molar-refractivity contribution < 1.29 is 14.3 Å². The normalized spacial score (nSPS) is 23.9. The highest BCUT2D eigenvalue weighted by atomic mass is 35.5. The highest BCUT2D eigenvalue weighted by Gasteiger charge is 2.59. The Morgan fingerprint density at radius 3 is 2.50 bits per heavy atom. The van der Waals surface area contributed by atoms with Crippen LogP contribution in [-0.2, 0) is 9.53 Å². The van der Waals surface area contributed by atoms with Crippen molar-refractivity contribution >= 4 is 34.3 Å². The van der Waals surface area contributed by atoms with Crippen LogP contribution >= 0.6 is 11.6 Å². The first-order valence-corrected chi connectivity index (χ1v) is 12.2. The number of aromatic nitrogens is 2. The molecule has 3 unspecified atom stereocenters. The van der Waals surface area contributed by atoms with Gasteiger partial charge in [0.25, 0.3) is 0 Å². The molecule has 0 bridgehead atoms. The van der Waals surface area contributed by atoms with Crippen LogP contribution in [0.5, 0.6) is 0 Å². The Morgan fingerprint density at radius 1 is 1.09 bits per heavy atom. The second-order valence-corrected chi connectivity index (χ2v) is 9.84. The number of ketones is 1. The molecule has 2 aliphatic rings. The van der Waals surface area contributed by atoms with Crippen molar-refractivity contribution in [1.82, 2.24) is 9.78 Å². The number of nitrogens with zero attached hydrogens (tertiary/aromatic N) is 2. The number of para-hydroxylation sites is 1. The SMILES string of the molecule is CCOC(=O)CC(CC(=O)c1ccc(Cl)cc1)C1[C@H]2CC(n3ncc(=O)c4ccccc43)C[C@@H]12. The van der Waals surface area contributed by atoms with E-state index in [1.54, 1.807) is 31.2 Å². The summed E-state index contributed by atoms with van der Waals surface area (Å²) < 4.78 is 7.20. The highest BCUT2D eigenvalue weighted by molar-refractivity contribution is 6.30. The Balaban J connectivity index is 1.32. The summed E-state index contributed by atoms with van der Waals surface area (Å²) in [6.45, 7) is 2.13. The van der Waals surface area contributed by atoms with Crippen LogP contribution in [0.2, 0.25) is 5.02 Å². The summed E-state index contributed by atoms with van der Waals surface area (Å²) in [7, 11) is 0. The molecule has 0 N–H and O–H groups in total. The van der Waals surface area contributed by atoms with Gasteiger partial charge >= 0.3 is 5.97 Å². The van der Waals surface area contributed by atoms with Crippen molar-refractivity contribution in [3.8, 4) is 0 Å². The smallest absolute Gasteiger partial charge is 0.306 e. The Bertz CT molecular complexity index is 1270. The van der Waals surface area contributed by atoms with Gasteiger partial charge in [0, 0.05) is 28.8 Å². The summed E-state index contributed by atoms with van der Waals surface area (Å²) in [5.74, 6) is 0.955. The van der Waals surface area contributed by atoms with Crippen molar-refractivity contribution in [3.63, 3.8) is 0 Å². The molecule has 7 heteroatoms. The van der Waals surface area contributed by atoms with E-state index in [-0.39, 0.29) is 35.6 Å². The number of ether oxygens (including phenoxy) is 1. The number of halogens is 1. The second-order valence-electron chi connectivity index (χ2n) is 9.40. The van der Waals surface area contributed by atoms with Gasteiger partial charge in [0.1, 0.15) is 0 Å². The van der Waals surface area contributed by atoms with Crippen LogP contribution in [0.25, 0.3) is 10.9 Å². The molecule has 0 amide bonds. The summed E-state index contributed by atoms with van der Waals surface area (Å²) in [4.78, 5) is 37.5. The lowest BCUT2D eigenvalue weighted by molar-refractivity contribution is -0.144. The molecule has 0 aliphatic heterocycles. The van der Waals surface area contributed by atoms with Gasteiger partial charge in [-0.3, -0.25) is 19.1 Å². The minimum atomic E-state index is -0.244. The molecule has 3 aromatic rings. The molecule has 5 rings (SSSR count). The Labute approximate surface area is 202 Å². The monoisotopic (exact) mass is 478 g/mol. The van der Waals surface area contributed by atoms with E-state index < -0.39 is 0 Å². The number of Topliss-reactive ketones (excluding diaryl/α,β-unsaturated/α-hetero) is 1. The van der Waals surface area contributed by atoms with Gasteiger partial charge in [-0.1, -0.05) is 23.7 Å². The molecule has 0 saturated heterocycles. The number of benzene rings is 2. The van der Waals surface area contributed by atoms with E-state index in [9.17, 15) is 14.4 Å². The van der Waals surface area contributed by atoms with E-state index >= 15 is 0 Å². The topological polar surface area (TPSA) is 78.3 Å². The van der Waals surface area contributed by atoms with E-state index in [0.29, 0.717) is 46.8 Å². The predicted octanol–water partition coefficient (Wildman–Crippen LogP) is 5.09. The van der Waals surface area contributed by atoms with Gasteiger partial charge in [0.15, 0.2) is 5.78 Å². The Kier molecular flexibility index (Phi) is 6.26. The lowest BCUT2D eigenvalue weighted by Crippen LogP contribution is -2.21. The first kappa shape index (κ1) is 22.8. The van der Waals surface area contributed by atoms with E-state index in [1.807, 2.05) is 28.9 Å². The number of hydrogen-bond acceptors (Lipinski definition) is 5. The third kappa shape index (κ3) is 4.39. The fourth-order valence-electron chi connectivity index (χ4n) is 5.95. The minimum Gasteiger partial charge on any atom is -0.466 e. The van der Waals surface area contributed by atoms with Crippen molar-refractivity contribution in [3.05, 3.63) is 75.5 Å². The quantitative estimate of drug-likeness (QED) is 0.333. The minimum absolute atomic E-state index is 0.0283. The second kappa shape index (κ2) is 9.34. The largest absolute Gasteiger partial charge is 0.466 e. The van der Waals surface area contributed by atoms with Crippen molar-refractivity contribution in [1.29, 1.82) is 0 Å². The summed E-state index contributed by atoms with van der Waals surface area (Å²) in [6.07, 6.45) is 3.85. The first-order valence-electron chi connectivity index (χ1n) is 11.9. The van der Waals surface area contributed by atoms with Crippen LogP contribution in [0.4, 0.5) is 0 Å². The van der Waals surface area contributed by atoms with E-state index in [4.69, 9.17) is 16.3 Å². The van der Waals surface area contributed by atoms with E-state index in [1.165, 1.54) is 6.20 Å². The maximum atomic E-state index is 13.0. The molecule has 0 spiro atoms. The average Bonchev–Trinajstić information content (AvgIpc) is 3.32. The van der Waals surface area contributed by atoms with Crippen molar-refractivity contribution in [2.24, 2.45) is 23.7 Å². The zero-order valence-electron chi connectivity index (χ0n) is 19.0. The zero-order chi connectivity index (χ0) is 23.8. The maximum Gasteiger partial charge on any atom is 0.306 e. The zero-order valence-corrected chi connectivity index (χ0v) is 19.8. The maximum absolute atomic E-state index is 13.0. The van der Waals surface area contributed by atoms with Gasteiger partial charge < -0.3 is 4.74 Å². The fourth-order valence-corrected chi connectivity index (χ4v) is 6.08. The number of carbonyl (C=O) groups excluding carboxylic acids is 2. The van der Waals surface area contributed by atoms with Crippen molar-refractivity contribution in [2.75, 3.05) is 6.61 Å². The summed E-state index contributed by atoms with van der Waals surface area (Å²) in [5, 5.41) is 5.72. The van der Waals surface area contributed by atoms with Crippen LogP contribution in [0.1, 0.15) is 49.0 Å². The predicted molar refractivity (Wildman–Crippen MR) is 130 cm³/mol. The number of hydrogen-bond donors (Lipinski definition) is 0. The third-order valence-electron chi connectivity index (χ3n) is 7.44. The molecule has 2 aliphatic carbocycles. The fraction of sp³-hybridized carbons (Fsp3) is 0.407. The molecule has 1 aromatic heterocycles. The van der Waals surface area contributed by atoms with Crippen LogP contribution in [0.3, 0.4) is 0 Å². The Hall–Kier alpha value is -2.99. The highest BCUT2D eigenvalue weighted by Crippen LogP contribution is 2.64. The van der Waals surface area contributed by atoms with Gasteiger partial charge in [-0.05, 0) is 79.8 Å². The number of carbonyl (C=O) groups is 2. The molecular weight excluding hydrogens is 452 g/mol.